The minimum atomic E-state index is -1.50. The number of rotatable bonds is 27. The molecule has 5 aromatic rings. The Balaban J connectivity index is 1.20. The SMILES string of the molecule is C=CC(=O)OCCOC(=O)c1cc(OC(=O)c2ccc3cc(O[C@H](O)CCC(=O)OCCOC(O)C=C)ccc3c2)ccc1OCc1ccc2cc(OC(=O)CCC(=O)OOC(O)C=C)ccc2c1. The number of hydrogen-bond acceptors (Lipinski definition) is 19. The Morgan fingerprint density at radius 3 is 1.94 bits per heavy atom. The zero-order valence-corrected chi connectivity index (χ0v) is 37.0. The van der Waals surface area contributed by atoms with E-state index < -0.39 is 54.7 Å². The van der Waals surface area contributed by atoms with Crippen LogP contribution in [0.5, 0.6) is 23.0 Å². The average molecular weight is 953 g/mol. The van der Waals surface area contributed by atoms with Gasteiger partial charge in [0.25, 0.3) is 0 Å². The molecule has 0 radical (unpaired) electrons. The summed E-state index contributed by atoms with van der Waals surface area (Å²) in [6.07, 6.45) is -1.70. The lowest BCUT2D eigenvalue weighted by Crippen LogP contribution is -2.19. The van der Waals surface area contributed by atoms with Crippen molar-refractivity contribution in [3.8, 4) is 23.0 Å². The third-order valence-corrected chi connectivity index (χ3v) is 9.34. The number of carbonyl (C=O) groups excluding carboxylic acids is 6. The minimum absolute atomic E-state index is 0.0153. The van der Waals surface area contributed by atoms with Crippen molar-refractivity contribution in [3.05, 3.63) is 146 Å². The summed E-state index contributed by atoms with van der Waals surface area (Å²) in [5, 5.41) is 31.6. The van der Waals surface area contributed by atoms with Crippen molar-refractivity contribution in [2.24, 2.45) is 0 Å². The van der Waals surface area contributed by atoms with Crippen molar-refractivity contribution < 1.29 is 91.8 Å². The second kappa shape index (κ2) is 26.4. The topological polar surface area (TPSA) is 255 Å². The third-order valence-electron chi connectivity index (χ3n) is 9.34. The maximum atomic E-state index is 13.4. The van der Waals surface area contributed by atoms with E-state index in [4.69, 9.17) is 37.9 Å². The fourth-order valence-corrected chi connectivity index (χ4v) is 5.94. The van der Waals surface area contributed by atoms with Gasteiger partial charge in [-0.05, 0) is 99.9 Å². The van der Waals surface area contributed by atoms with Crippen LogP contribution in [-0.4, -0.2) is 96.4 Å². The fourth-order valence-electron chi connectivity index (χ4n) is 5.94. The number of aliphatic hydroxyl groups is 3. The lowest BCUT2D eigenvalue weighted by Gasteiger charge is -2.14. The van der Waals surface area contributed by atoms with Gasteiger partial charge in [0.05, 0.1) is 31.4 Å². The molecule has 3 N–H and O–H groups in total. The van der Waals surface area contributed by atoms with E-state index in [0.29, 0.717) is 27.5 Å². The first-order chi connectivity index (χ1) is 33.2. The highest BCUT2D eigenvalue weighted by Crippen LogP contribution is 2.29. The molecule has 5 aromatic carbocycles. The molecule has 0 bridgehead atoms. The van der Waals surface area contributed by atoms with Crippen molar-refractivity contribution in [1.82, 2.24) is 0 Å². The Kier molecular flexibility index (Phi) is 19.9. The van der Waals surface area contributed by atoms with Gasteiger partial charge >= 0.3 is 35.8 Å². The van der Waals surface area contributed by atoms with Crippen LogP contribution < -0.4 is 18.9 Å². The lowest BCUT2D eigenvalue weighted by molar-refractivity contribution is -0.328. The average Bonchev–Trinajstić information content (AvgIpc) is 3.35. The molecule has 0 amide bonds. The number of esters is 5. The quantitative estimate of drug-likeness (QED) is 0.00639. The molecule has 5 rings (SSSR count). The van der Waals surface area contributed by atoms with E-state index in [1.165, 1.54) is 30.3 Å². The highest BCUT2D eigenvalue weighted by atomic mass is 17.2. The van der Waals surface area contributed by atoms with Gasteiger partial charge in [0.1, 0.15) is 55.0 Å². The van der Waals surface area contributed by atoms with Gasteiger partial charge in [-0.3, -0.25) is 14.5 Å². The predicted molar refractivity (Wildman–Crippen MR) is 242 cm³/mol. The Bertz CT molecular complexity index is 2660. The molecule has 0 aliphatic heterocycles. The summed E-state index contributed by atoms with van der Waals surface area (Å²) in [6, 6.07) is 24.0. The van der Waals surface area contributed by atoms with Gasteiger partial charge in [0.15, 0.2) is 12.6 Å². The van der Waals surface area contributed by atoms with Crippen LogP contribution in [0.3, 0.4) is 0 Å². The molecule has 0 spiro atoms. The van der Waals surface area contributed by atoms with Crippen LogP contribution in [0.25, 0.3) is 21.5 Å². The van der Waals surface area contributed by atoms with Crippen LogP contribution in [0, 0.1) is 0 Å². The Morgan fingerprint density at radius 2 is 1.19 bits per heavy atom. The van der Waals surface area contributed by atoms with Crippen molar-refractivity contribution in [2.75, 3.05) is 26.4 Å². The van der Waals surface area contributed by atoms with Crippen LogP contribution >= 0.6 is 0 Å². The highest BCUT2D eigenvalue weighted by molar-refractivity contribution is 5.97. The molecule has 0 saturated heterocycles. The normalized spacial score (nSPS) is 12.1. The second-order valence-electron chi connectivity index (χ2n) is 14.4. The van der Waals surface area contributed by atoms with E-state index in [9.17, 15) is 44.1 Å². The molecular formula is C50H48O19. The highest BCUT2D eigenvalue weighted by Gasteiger charge is 2.20. The maximum absolute atomic E-state index is 13.4. The maximum Gasteiger partial charge on any atom is 0.343 e. The van der Waals surface area contributed by atoms with Gasteiger partial charge in [-0.15, -0.1) is 4.89 Å². The van der Waals surface area contributed by atoms with Gasteiger partial charge in [-0.1, -0.05) is 50.1 Å². The standard InChI is InChI=1S/C50H48O19/c1-4-42(51)60-21-22-62-45(54)17-18-46(55)65-38-14-12-33-26-36(10-9-35(33)28-38)49(58)67-39-15-16-41(40(29-39)50(59)63-24-23-61-43(52)5-2)64-30-31-7-8-34-27-37(13-11-32(34)25-31)66-47(56)19-20-48(57)69-68-44(53)6-3/h4-16,25-29,42,44,46,51,53,55H,1-3,17-24,30H2/t42?,44?,46-/m0/s1. The molecule has 0 saturated carbocycles. The molecule has 19 heteroatoms. The Hall–Kier alpha value is -7.94. The Labute approximate surface area is 394 Å². The summed E-state index contributed by atoms with van der Waals surface area (Å²) in [4.78, 5) is 83.0. The summed E-state index contributed by atoms with van der Waals surface area (Å²) in [7, 11) is 0. The first-order valence-electron chi connectivity index (χ1n) is 21.1. The van der Waals surface area contributed by atoms with Crippen molar-refractivity contribution >= 4 is 57.4 Å². The molecule has 69 heavy (non-hydrogen) atoms. The zero-order valence-electron chi connectivity index (χ0n) is 37.0. The summed E-state index contributed by atoms with van der Waals surface area (Å²) in [5.41, 5.74) is 0.760. The van der Waals surface area contributed by atoms with Gasteiger partial charge in [-0.2, -0.15) is 0 Å². The fraction of sp³-hybridized carbons (Fsp3) is 0.240. The molecule has 0 fully saturated rings. The summed E-state index contributed by atoms with van der Waals surface area (Å²) in [6.45, 7) is 9.26. The van der Waals surface area contributed by atoms with Crippen LogP contribution in [0.4, 0.5) is 0 Å². The van der Waals surface area contributed by atoms with Crippen LogP contribution in [0.1, 0.15) is 52.0 Å². The van der Waals surface area contributed by atoms with E-state index in [-0.39, 0.29) is 87.1 Å². The van der Waals surface area contributed by atoms with Crippen molar-refractivity contribution in [3.63, 3.8) is 0 Å². The van der Waals surface area contributed by atoms with E-state index in [0.717, 1.165) is 17.5 Å². The van der Waals surface area contributed by atoms with E-state index in [1.807, 2.05) is 6.07 Å². The predicted octanol–water partition coefficient (Wildman–Crippen LogP) is 5.88. The number of carbonyl (C=O) groups is 6. The molecule has 0 aromatic heterocycles. The minimum Gasteiger partial charge on any atom is -0.488 e. The van der Waals surface area contributed by atoms with Gasteiger partial charge < -0.3 is 53.2 Å². The van der Waals surface area contributed by atoms with E-state index in [2.05, 4.69) is 29.5 Å². The largest absolute Gasteiger partial charge is 0.488 e. The van der Waals surface area contributed by atoms with Crippen LogP contribution in [-0.2, 0) is 54.5 Å². The number of ether oxygens (including phenoxy) is 8. The van der Waals surface area contributed by atoms with Gasteiger partial charge in [0.2, 0.25) is 6.29 Å². The van der Waals surface area contributed by atoms with Crippen LogP contribution in [0.2, 0.25) is 0 Å². The van der Waals surface area contributed by atoms with Gasteiger partial charge in [0, 0.05) is 12.5 Å². The number of hydrogen-bond donors (Lipinski definition) is 3. The second-order valence-corrected chi connectivity index (χ2v) is 14.4. The molecule has 0 aliphatic carbocycles. The van der Waals surface area contributed by atoms with Crippen molar-refractivity contribution in [2.45, 2.75) is 51.2 Å². The summed E-state index contributed by atoms with van der Waals surface area (Å²) in [5.74, 6) is -3.91. The summed E-state index contributed by atoms with van der Waals surface area (Å²) >= 11 is 0. The van der Waals surface area contributed by atoms with Crippen LogP contribution in [0.15, 0.2) is 129 Å². The lowest BCUT2D eigenvalue weighted by atomic mass is 10.1. The molecule has 362 valence electrons. The Morgan fingerprint density at radius 1 is 0.565 bits per heavy atom. The molecular weight excluding hydrogens is 905 g/mol. The number of aliphatic hydroxyl groups excluding tert-OH is 3. The van der Waals surface area contributed by atoms with E-state index in [1.54, 1.807) is 60.7 Å². The third kappa shape index (κ3) is 17.0. The van der Waals surface area contributed by atoms with E-state index >= 15 is 0 Å². The molecule has 2 unspecified atom stereocenters. The molecule has 3 atom stereocenters. The van der Waals surface area contributed by atoms with Crippen molar-refractivity contribution in [1.29, 1.82) is 0 Å². The first kappa shape index (κ1) is 52.0. The zero-order chi connectivity index (χ0) is 49.7. The monoisotopic (exact) mass is 952 g/mol. The molecule has 0 aliphatic rings. The number of fused-ring (bicyclic) bond motifs is 2. The first-order valence-corrected chi connectivity index (χ1v) is 21.1. The van der Waals surface area contributed by atoms with Gasteiger partial charge in [-0.25, -0.2) is 19.2 Å². The molecule has 0 heterocycles. The smallest absolute Gasteiger partial charge is 0.343 e. The summed E-state index contributed by atoms with van der Waals surface area (Å²) < 4.78 is 42.8. The molecule has 19 nitrogen and oxygen atoms in total. The number of benzene rings is 5.